The maximum absolute atomic E-state index is 12.3. The Labute approximate surface area is 156 Å². The summed E-state index contributed by atoms with van der Waals surface area (Å²) in [6.07, 6.45) is 1.32. The number of carbonyl (C=O) groups excluding carboxylic acids is 2. The van der Waals surface area contributed by atoms with Gasteiger partial charge < -0.3 is 15.6 Å². The molecule has 2 amide bonds. The number of hydrogen-bond acceptors (Lipinski definition) is 2. The molecule has 0 saturated carbocycles. The minimum Gasteiger partial charge on any atom is -0.350 e. The molecule has 2 aromatic carbocycles. The lowest BCUT2D eigenvalue weighted by Crippen LogP contribution is -2.23. The Morgan fingerprint density at radius 2 is 1.85 bits per heavy atom. The number of anilines is 1. The Bertz CT molecular complexity index is 932. The van der Waals surface area contributed by atoms with Crippen molar-refractivity contribution in [3.05, 3.63) is 64.8 Å². The maximum Gasteiger partial charge on any atom is 0.267 e. The van der Waals surface area contributed by atoms with Gasteiger partial charge in [-0.3, -0.25) is 9.59 Å². The van der Waals surface area contributed by atoms with Crippen molar-refractivity contribution in [2.45, 2.75) is 26.3 Å². The number of nitrogens with one attached hydrogen (secondary N) is 3. The third-order valence-corrected chi connectivity index (χ3v) is 4.23. The van der Waals surface area contributed by atoms with Gasteiger partial charge in [0.05, 0.1) is 0 Å². The van der Waals surface area contributed by atoms with E-state index in [-0.39, 0.29) is 11.8 Å². The third kappa shape index (κ3) is 4.43. The van der Waals surface area contributed by atoms with Crippen LogP contribution in [0.5, 0.6) is 0 Å². The molecule has 0 aliphatic carbocycles. The molecule has 6 heteroatoms. The normalized spacial score (nSPS) is 10.7. The zero-order valence-electron chi connectivity index (χ0n) is 14.4. The van der Waals surface area contributed by atoms with E-state index in [0.29, 0.717) is 23.7 Å². The van der Waals surface area contributed by atoms with Crippen LogP contribution in [0.1, 0.15) is 35.8 Å². The van der Waals surface area contributed by atoms with Gasteiger partial charge in [-0.05, 0) is 42.3 Å². The molecule has 0 bridgehead atoms. The number of aromatic amines is 1. The summed E-state index contributed by atoms with van der Waals surface area (Å²) in [4.78, 5) is 27.0. The van der Waals surface area contributed by atoms with Crippen LogP contribution in [-0.4, -0.2) is 16.8 Å². The van der Waals surface area contributed by atoms with Crippen molar-refractivity contribution >= 4 is 40.0 Å². The zero-order chi connectivity index (χ0) is 18.5. The molecule has 5 nitrogen and oxygen atoms in total. The van der Waals surface area contributed by atoms with Crippen LogP contribution in [0.25, 0.3) is 10.9 Å². The highest BCUT2D eigenvalue weighted by molar-refractivity contribution is 6.31. The van der Waals surface area contributed by atoms with Crippen LogP contribution in [0.15, 0.2) is 48.5 Å². The molecule has 3 N–H and O–H groups in total. The van der Waals surface area contributed by atoms with Crippen molar-refractivity contribution < 1.29 is 9.59 Å². The summed E-state index contributed by atoms with van der Waals surface area (Å²) in [5.41, 5.74) is 3.03. The van der Waals surface area contributed by atoms with Gasteiger partial charge in [0, 0.05) is 34.6 Å². The van der Waals surface area contributed by atoms with E-state index in [4.69, 9.17) is 11.6 Å². The summed E-state index contributed by atoms with van der Waals surface area (Å²) in [7, 11) is 0. The SMILES string of the molecule is CCCC(=O)Nc1ccc(CNC(=O)c2cc3ccc(Cl)cc3[nH]2)cc1. The predicted molar refractivity (Wildman–Crippen MR) is 104 cm³/mol. The van der Waals surface area contributed by atoms with Crippen LogP contribution >= 0.6 is 11.6 Å². The van der Waals surface area contributed by atoms with Crippen LogP contribution in [0.2, 0.25) is 5.02 Å². The number of halogens is 1. The molecule has 0 unspecified atom stereocenters. The van der Waals surface area contributed by atoms with Crippen molar-refractivity contribution in [2.24, 2.45) is 0 Å². The second-order valence-corrected chi connectivity index (χ2v) is 6.53. The van der Waals surface area contributed by atoms with Crippen molar-refractivity contribution in [1.82, 2.24) is 10.3 Å². The first-order valence-electron chi connectivity index (χ1n) is 8.50. The number of benzene rings is 2. The molecular formula is C20H20ClN3O2. The van der Waals surface area contributed by atoms with E-state index < -0.39 is 0 Å². The molecule has 0 spiro atoms. The molecule has 1 heterocycles. The lowest BCUT2D eigenvalue weighted by molar-refractivity contribution is -0.116. The molecule has 3 rings (SSSR count). The molecule has 134 valence electrons. The van der Waals surface area contributed by atoms with Gasteiger partial charge in [0.1, 0.15) is 5.69 Å². The first kappa shape index (κ1) is 18.0. The first-order chi connectivity index (χ1) is 12.5. The lowest BCUT2D eigenvalue weighted by atomic mass is 10.2. The van der Waals surface area contributed by atoms with Crippen LogP contribution in [0, 0.1) is 0 Å². The van der Waals surface area contributed by atoms with Gasteiger partial charge in [-0.1, -0.05) is 36.7 Å². The molecule has 0 aliphatic rings. The highest BCUT2D eigenvalue weighted by atomic mass is 35.5. The summed E-state index contributed by atoms with van der Waals surface area (Å²) >= 11 is 5.96. The second kappa shape index (κ2) is 8.06. The van der Waals surface area contributed by atoms with Gasteiger partial charge in [-0.15, -0.1) is 0 Å². The Morgan fingerprint density at radius 3 is 2.58 bits per heavy atom. The van der Waals surface area contributed by atoms with Crippen molar-refractivity contribution in [3.8, 4) is 0 Å². The van der Waals surface area contributed by atoms with E-state index in [9.17, 15) is 9.59 Å². The molecule has 0 aliphatic heterocycles. The average Bonchev–Trinajstić information content (AvgIpc) is 3.04. The quantitative estimate of drug-likeness (QED) is 0.598. The molecule has 0 fully saturated rings. The van der Waals surface area contributed by atoms with E-state index in [1.54, 1.807) is 18.2 Å². The summed E-state index contributed by atoms with van der Waals surface area (Å²) in [5.74, 6) is -0.176. The number of amides is 2. The summed E-state index contributed by atoms with van der Waals surface area (Å²) in [6, 6.07) is 14.7. The van der Waals surface area contributed by atoms with Crippen LogP contribution < -0.4 is 10.6 Å². The van der Waals surface area contributed by atoms with Gasteiger partial charge in [0.25, 0.3) is 5.91 Å². The van der Waals surface area contributed by atoms with E-state index in [1.165, 1.54) is 0 Å². The van der Waals surface area contributed by atoms with Crippen LogP contribution in [0.4, 0.5) is 5.69 Å². The molecular weight excluding hydrogens is 350 g/mol. The standard InChI is InChI=1S/C20H20ClN3O2/c1-2-3-19(25)23-16-8-4-13(5-9-16)12-22-20(26)18-10-14-6-7-15(21)11-17(14)24-18/h4-11,24H,2-3,12H2,1H3,(H,22,26)(H,23,25). The number of carbonyl (C=O) groups is 2. The average molecular weight is 370 g/mol. The largest absolute Gasteiger partial charge is 0.350 e. The lowest BCUT2D eigenvalue weighted by Gasteiger charge is -2.07. The van der Waals surface area contributed by atoms with E-state index in [1.807, 2.05) is 37.3 Å². The Balaban J connectivity index is 1.59. The van der Waals surface area contributed by atoms with Gasteiger partial charge in [-0.2, -0.15) is 0 Å². The fourth-order valence-electron chi connectivity index (χ4n) is 2.66. The molecule has 1 aromatic heterocycles. The Morgan fingerprint density at radius 1 is 1.08 bits per heavy atom. The van der Waals surface area contributed by atoms with Gasteiger partial charge in [0.2, 0.25) is 5.91 Å². The maximum atomic E-state index is 12.3. The van der Waals surface area contributed by atoms with Crippen LogP contribution in [-0.2, 0) is 11.3 Å². The minimum absolute atomic E-state index is 0.00691. The number of rotatable bonds is 6. The van der Waals surface area contributed by atoms with E-state index in [2.05, 4.69) is 15.6 Å². The molecule has 0 radical (unpaired) electrons. The van der Waals surface area contributed by atoms with Gasteiger partial charge >= 0.3 is 0 Å². The summed E-state index contributed by atoms with van der Waals surface area (Å²) in [6.45, 7) is 2.37. The van der Waals surface area contributed by atoms with Crippen molar-refractivity contribution in [2.75, 3.05) is 5.32 Å². The third-order valence-electron chi connectivity index (χ3n) is 4.00. The van der Waals surface area contributed by atoms with E-state index in [0.717, 1.165) is 28.6 Å². The summed E-state index contributed by atoms with van der Waals surface area (Å²) < 4.78 is 0. The Hall–Kier alpha value is -2.79. The van der Waals surface area contributed by atoms with Gasteiger partial charge in [0.15, 0.2) is 0 Å². The van der Waals surface area contributed by atoms with Crippen LogP contribution in [0.3, 0.4) is 0 Å². The van der Waals surface area contributed by atoms with Crippen molar-refractivity contribution in [3.63, 3.8) is 0 Å². The summed E-state index contributed by atoms with van der Waals surface area (Å²) in [5, 5.41) is 7.28. The highest BCUT2D eigenvalue weighted by Gasteiger charge is 2.09. The van der Waals surface area contributed by atoms with E-state index >= 15 is 0 Å². The molecule has 26 heavy (non-hydrogen) atoms. The molecule has 3 aromatic rings. The highest BCUT2D eigenvalue weighted by Crippen LogP contribution is 2.20. The molecule has 0 atom stereocenters. The van der Waals surface area contributed by atoms with Crippen molar-refractivity contribution in [1.29, 1.82) is 0 Å². The number of hydrogen-bond donors (Lipinski definition) is 3. The number of H-pyrrole nitrogens is 1. The van der Waals surface area contributed by atoms with Gasteiger partial charge in [-0.25, -0.2) is 0 Å². The number of fused-ring (bicyclic) bond motifs is 1. The Kier molecular flexibility index (Phi) is 5.58. The zero-order valence-corrected chi connectivity index (χ0v) is 15.2. The minimum atomic E-state index is -0.183. The number of aromatic nitrogens is 1. The predicted octanol–water partition coefficient (Wildman–Crippen LogP) is 4.49. The first-order valence-corrected chi connectivity index (χ1v) is 8.88. The fourth-order valence-corrected chi connectivity index (χ4v) is 2.83. The fraction of sp³-hybridized carbons (Fsp3) is 0.200. The monoisotopic (exact) mass is 369 g/mol. The topological polar surface area (TPSA) is 74.0 Å². The second-order valence-electron chi connectivity index (χ2n) is 6.09. The smallest absolute Gasteiger partial charge is 0.267 e. The molecule has 0 saturated heterocycles.